The van der Waals surface area contributed by atoms with Crippen LogP contribution in [0.5, 0.6) is 0 Å². The summed E-state index contributed by atoms with van der Waals surface area (Å²) < 4.78 is 11.1. The van der Waals surface area contributed by atoms with Crippen molar-refractivity contribution >= 4 is 22.6 Å². The molecular weight excluding hydrogens is 252 g/mol. The van der Waals surface area contributed by atoms with E-state index < -0.39 is 16.8 Å². The molecule has 0 saturated heterocycles. The van der Waals surface area contributed by atoms with Crippen LogP contribution < -0.4 is 5.32 Å². The van der Waals surface area contributed by atoms with Gasteiger partial charge in [0.15, 0.2) is 0 Å². The maximum atomic E-state index is 11.1. The van der Waals surface area contributed by atoms with Crippen molar-refractivity contribution < 1.29 is 14.1 Å². The topological polar surface area (TPSA) is 79.3 Å². The van der Waals surface area contributed by atoms with E-state index in [2.05, 4.69) is 10.3 Å². The quantitative estimate of drug-likeness (QED) is 0.819. The van der Waals surface area contributed by atoms with Crippen LogP contribution in [-0.2, 0) is 17.2 Å². The first kappa shape index (κ1) is 14.6. The average Bonchev–Trinajstić information content (AvgIpc) is 2.27. The SMILES string of the molecule is CCc1cc(C(=O)O)cc(NC(C)CS(C)=O)n1. The highest BCUT2D eigenvalue weighted by atomic mass is 32.2. The van der Waals surface area contributed by atoms with E-state index in [1.165, 1.54) is 6.07 Å². The molecule has 0 spiro atoms. The average molecular weight is 270 g/mol. The number of hydrogen-bond acceptors (Lipinski definition) is 4. The van der Waals surface area contributed by atoms with Gasteiger partial charge in [-0.25, -0.2) is 9.78 Å². The van der Waals surface area contributed by atoms with Gasteiger partial charge in [-0.2, -0.15) is 0 Å². The zero-order valence-corrected chi connectivity index (χ0v) is 11.6. The number of carbonyl (C=O) groups is 1. The van der Waals surface area contributed by atoms with E-state index in [9.17, 15) is 9.00 Å². The van der Waals surface area contributed by atoms with Gasteiger partial charge in [0.2, 0.25) is 0 Å². The summed E-state index contributed by atoms with van der Waals surface area (Å²) in [4.78, 5) is 15.3. The smallest absolute Gasteiger partial charge is 0.335 e. The lowest BCUT2D eigenvalue weighted by molar-refractivity contribution is 0.0696. The Hall–Kier alpha value is -1.43. The van der Waals surface area contributed by atoms with Crippen molar-refractivity contribution in [1.82, 2.24) is 4.98 Å². The van der Waals surface area contributed by atoms with Crippen molar-refractivity contribution in [3.8, 4) is 0 Å². The molecule has 0 fully saturated rings. The van der Waals surface area contributed by atoms with Crippen molar-refractivity contribution in [3.05, 3.63) is 23.4 Å². The number of pyridine rings is 1. The lowest BCUT2D eigenvalue weighted by atomic mass is 10.2. The highest BCUT2D eigenvalue weighted by molar-refractivity contribution is 7.84. The monoisotopic (exact) mass is 270 g/mol. The van der Waals surface area contributed by atoms with Gasteiger partial charge in [0.05, 0.1) is 5.56 Å². The van der Waals surface area contributed by atoms with Gasteiger partial charge in [-0.05, 0) is 25.5 Å². The Morgan fingerprint density at radius 2 is 2.22 bits per heavy atom. The highest BCUT2D eigenvalue weighted by Gasteiger charge is 2.10. The number of nitrogens with zero attached hydrogens (tertiary/aromatic N) is 1. The molecule has 1 heterocycles. The predicted molar refractivity (Wildman–Crippen MR) is 72.6 cm³/mol. The van der Waals surface area contributed by atoms with E-state index >= 15 is 0 Å². The zero-order valence-electron chi connectivity index (χ0n) is 10.8. The molecule has 1 rings (SSSR count). The molecule has 0 aliphatic rings. The number of nitrogens with one attached hydrogen (secondary N) is 1. The first-order valence-corrected chi connectivity index (χ1v) is 7.46. The predicted octanol–water partition coefficient (Wildman–Crippen LogP) is 1.52. The van der Waals surface area contributed by atoms with E-state index in [0.29, 0.717) is 18.0 Å². The Morgan fingerprint density at radius 3 is 2.72 bits per heavy atom. The van der Waals surface area contributed by atoms with Gasteiger partial charge in [-0.15, -0.1) is 0 Å². The molecule has 0 bridgehead atoms. The molecule has 2 N–H and O–H groups in total. The van der Waals surface area contributed by atoms with Crippen LogP contribution in [0, 0.1) is 0 Å². The molecule has 0 amide bonds. The number of anilines is 1. The van der Waals surface area contributed by atoms with Crippen LogP contribution in [0.4, 0.5) is 5.82 Å². The van der Waals surface area contributed by atoms with Crippen LogP contribution in [0.2, 0.25) is 0 Å². The maximum absolute atomic E-state index is 11.1. The van der Waals surface area contributed by atoms with Gasteiger partial charge in [0.25, 0.3) is 0 Å². The van der Waals surface area contributed by atoms with E-state index in [1.807, 2.05) is 13.8 Å². The molecule has 2 unspecified atom stereocenters. The molecule has 1 aromatic rings. The van der Waals surface area contributed by atoms with E-state index in [-0.39, 0.29) is 11.6 Å². The number of carboxylic acid groups (broad SMARTS) is 1. The lowest BCUT2D eigenvalue weighted by Crippen LogP contribution is -2.23. The van der Waals surface area contributed by atoms with Crippen molar-refractivity contribution in [2.75, 3.05) is 17.3 Å². The molecule has 0 aliphatic heterocycles. The molecule has 1 aromatic heterocycles. The fraction of sp³-hybridized carbons (Fsp3) is 0.500. The maximum Gasteiger partial charge on any atom is 0.335 e. The molecule has 0 radical (unpaired) electrons. The van der Waals surface area contributed by atoms with Crippen molar-refractivity contribution in [3.63, 3.8) is 0 Å². The molecule has 0 aliphatic carbocycles. The summed E-state index contributed by atoms with van der Waals surface area (Å²) >= 11 is 0. The van der Waals surface area contributed by atoms with Crippen molar-refractivity contribution in [2.45, 2.75) is 26.3 Å². The third-order valence-corrected chi connectivity index (χ3v) is 3.34. The van der Waals surface area contributed by atoms with Gasteiger partial charge in [0, 0.05) is 34.5 Å². The molecule has 2 atom stereocenters. The van der Waals surface area contributed by atoms with Crippen LogP contribution in [0.3, 0.4) is 0 Å². The fourth-order valence-electron chi connectivity index (χ4n) is 1.61. The summed E-state index contributed by atoms with van der Waals surface area (Å²) in [5, 5.41) is 12.1. The Balaban J connectivity index is 2.90. The second-order valence-corrected chi connectivity index (χ2v) is 5.66. The minimum Gasteiger partial charge on any atom is -0.478 e. The van der Waals surface area contributed by atoms with Gasteiger partial charge < -0.3 is 10.4 Å². The fourth-order valence-corrected chi connectivity index (χ4v) is 2.40. The molecule has 0 aromatic carbocycles. The second-order valence-electron chi connectivity index (χ2n) is 4.18. The Labute approximate surface area is 109 Å². The van der Waals surface area contributed by atoms with Crippen LogP contribution in [0.15, 0.2) is 12.1 Å². The minimum atomic E-state index is -0.970. The summed E-state index contributed by atoms with van der Waals surface area (Å²) in [6, 6.07) is 3.05. The molecule has 100 valence electrons. The summed E-state index contributed by atoms with van der Waals surface area (Å²) in [6.45, 7) is 3.81. The number of hydrogen-bond donors (Lipinski definition) is 2. The largest absolute Gasteiger partial charge is 0.478 e. The third kappa shape index (κ3) is 4.44. The standard InChI is InChI=1S/C12H18N2O3S/c1-4-10-5-9(12(15)16)6-11(14-10)13-8(2)7-18(3)17/h5-6,8H,4,7H2,1-3H3,(H,13,14)(H,15,16). The number of aromatic nitrogens is 1. The summed E-state index contributed by atoms with van der Waals surface area (Å²) in [5.74, 6) is 0.0482. The Kier molecular flexibility index (Phi) is 5.27. The molecule has 5 nitrogen and oxygen atoms in total. The lowest BCUT2D eigenvalue weighted by Gasteiger charge is -2.14. The van der Waals surface area contributed by atoms with Gasteiger partial charge in [0.1, 0.15) is 5.82 Å². The van der Waals surface area contributed by atoms with Crippen LogP contribution in [0.1, 0.15) is 29.9 Å². The van der Waals surface area contributed by atoms with Crippen LogP contribution in [-0.4, -0.2) is 38.3 Å². The third-order valence-electron chi connectivity index (χ3n) is 2.37. The number of carboxylic acids is 1. The Morgan fingerprint density at radius 1 is 1.56 bits per heavy atom. The van der Waals surface area contributed by atoms with E-state index in [1.54, 1.807) is 12.3 Å². The summed E-state index contributed by atoms with van der Waals surface area (Å²) in [7, 11) is -0.897. The highest BCUT2D eigenvalue weighted by Crippen LogP contribution is 2.12. The van der Waals surface area contributed by atoms with Crippen molar-refractivity contribution in [2.24, 2.45) is 0 Å². The van der Waals surface area contributed by atoms with Crippen LogP contribution >= 0.6 is 0 Å². The van der Waals surface area contributed by atoms with Gasteiger partial charge >= 0.3 is 5.97 Å². The second kappa shape index (κ2) is 6.49. The first-order valence-electron chi connectivity index (χ1n) is 5.73. The first-order chi connectivity index (χ1) is 8.42. The van der Waals surface area contributed by atoms with Crippen LogP contribution in [0.25, 0.3) is 0 Å². The minimum absolute atomic E-state index is 0.0166. The molecule has 18 heavy (non-hydrogen) atoms. The van der Waals surface area contributed by atoms with Gasteiger partial charge in [-0.3, -0.25) is 4.21 Å². The Bertz CT molecular complexity index is 463. The normalized spacial score (nSPS) is 13.9. The molecule has 0 saturated carbocycles. The van der Waals surface area contributed by atoms with Gasteiger partial charge in [-0.1, -0.05) is 6.92 Å². The number of aryl methyl sites for hydroxylation is 1. The summed E-state index contributed by atoms with van der Waals surface area (Å²) in [5.41, 5.74) is 0.941. The van der Waals surface area contributed by atoms with E-state index in [4.69, 9.17) is 5.11 Å². The number of aromatic carboxylic acids is 1. The zero-order chi connectivity index (χ0) is 13.7. The van der Waals surface area contributed by atoms with E-state index in [0.717, 1.165) is 5.69 Å². The number of rotatable bonds is 6. The van der Waals surface area contributed by atoms with Crippen molar-refractivity contribution in [1.29, 1.82) is 0 Å². The summed E-state index contributed by atoms with van der Waals surface area (Å²) in [6.07, 6.45) is 2.31. The molecular formula is C12H18N2O3S. The molecule has 6 heteroatoms.